The molecule has 0 aromatic rings. The van der Waals surface area contributed by atoms with Crippen molar-refractivity contribution in [1.29, 1.82) is 0 Å². The lowest BCUT2D eigenvalue weighted by Crippen LogP contribution is -2.31. The molecule has 0 heterocycles. The van der Waals surface area contributed by atoms with Crippen molar-refractivity contribution in [3.8, 4) is 0 Å². The molecule has 96 valence electrons. The second kappa shape index (κ2) is 4.25. The van der Waals surface area contributed by atoms with Crippen LogP contribution >= 0.6 is 0 Å². The number of hydrogen-bond acceptors (Lipinski definition) is 2. The van der Waals surface area contributed by atoms with Crippen LogP contribution in [0.1, 0.15) is 40.0 Å². The van der Waals surface area contributed by atoms with Crippen LogP contribution in [0.25, 0.3) is 0 Å². The van der Waals surface area contributed by atoms with Crippen LogP contribution in [-0.4, -0.2) is 21.9 Å². The first kappa shape index (κ1) is 12.8. The maximum Gasteiger partial charge on any atom is 0.0787 e. The molecule has 0 radical (unpaired) electrons. The second-order valence-corrected chi connectivity index (χ2v) is 6.22. The first-order valence-corrected chi connectivity index (χ1v) is 6.62. The Kier molecular flexibility index (Phi) is 3.21. The Hall–Kier alpha value is -0.600. The topological polar surface area (TPSA) is 40.5 Å². The van der Waals surface area contributed by atoms with Gasteiger partial charge in [-0.2, -0.15) is 0 Å². The van der Waals surface area contributed by atoms with E-state index in [1.165, 1.54) is 5.57 Å². The van der Waals surface area contributed by atoms with E-state index >= 15 is 0 Å². The lowest BCUT2D eigenvalue weighted by Gasteiger charge is -2.27. The van der Waals surface area contributed by atoms with Crippen molar-refractivity contribution < 1.29 is 10.2 Å². The molecule has 2 rings (SSSR count). The van der Waals surface area contributed by atoms with E-state index in [1.807, 2.05) is 6.92 Å². The Labute approximate surface area is 104 Å². The normalized spacial score (nSPS) is 42.4. The minimum atomic E-state index is -0.641. The van der Waals surface area contributed by atoms with Gasteiger partial charge >= 0.3 is 0 Å². The van der Waals surface area contributed by atoms with Crippen molar-refractivity contribution in [2.24, 2.45) is 17.8 Å². The molecule has 4 atom stereocenters. The maximum atomic E-state index is 10.5. The number of aliphatic hydroxyl groups is 2. The van der Waals surface area contributed by atoms with Gasteiger partial charge in [-0.25, -0.2) is 0 Å². The van der Waals surface area contributed by atoms with Gasteiger partial charge in [0.15, 0.2) is 0 Å². The largest absolute Gasteiger partial charge is 0.390 e. The molecule has 2 N–H and O–H groups in total. The number of rotatable bonds is 1. The molecule has 0 amide bonds. The standard InChI is InChI=1S/C15H24O2/c1-9(2)11-7-13-12(5-6-15(13,4)17)10(3)14(16)8-11/h7,9,12-14,16-17H,3,5-6,8H2,1-2,4H3. The minimum absolute atomic E-state index is 0.129. The first-order chi connectivity index (χ1) is 7.83. The number of aliphatic hydroxyl groups excluding tert-OH is 1. The molecule has 1 saturated carbocycles. The van der Waals surface area contributed by atoms with Crippen LogP contribution in [0.3, 0.4) is 0 Å². The fourth-order valence-corrected chi connectivity index (χ4v) is 3.27. The highest BCUT2D eigenvalue weighted by Gasteiger charge is 2.46. The van der Waals surface area contributed by atoms with Crippen molar-refractivity contribution in [1.82, 2.24) is 0 Å². The van der Waals surface area contributed by atoms with E-state index < -0.39 is 11.7 Å². The molecule has 0 saturated heterocycles. The van der Waals surface area contributed by atoms with Gasteiger partial charge in [0.1, 0.15) is 0 Å². The summed E-state index contributed by atoms with van der Waals surface area (Å²) in [6.45, 7) is 10.3. The third kappa shape index (κ3) is 2.21. The Balaban J connectivity index is 2.38. The summed E-state index contributed by atoms with van der Waals surface area (Å²) in [6, 6.07) is 0. The molecule has 4 unspecified atom stereocenters. The average molecular weight is 236 g/mol. The fourth-order valence-electron chi connectivity index (χ4n) is 3.27. The summed E-state index contributed by atoms with van der Waals surface area (Å²) in [5.41, 5.74) is 1.53. The van der Waals surface area contributed by atoms with Crippen LogP contribution in [0.15, 0.2) is 23.8 Å². The zero-order chi connectivity index (χ0) is 12.8. The minimum Gasteiger partial charge on any atom is -0.390 e. The molecular weight excluding hydrogens is 212 g/mol. The van der Waals surface area contributed by atoms with Crippen LogP contribution in [-0.2, 0) is 0 Å². The van der Waals surface area contributed by atoms with Gasteiger partial charge in [-0.1, -0.05) is 32.1 Å². The molecule has 17 heavy (non-hydrogen) atoms. The van der Waals surface area contributed by atoms with Gasteiger partial charge in [-0.3, -0.25) is 0 Å². The molecule has 2 aliphatic rings. The molecule has 0 spiro atoms. The summed E-state index contributed by atoms with van der Waals surface area (Å²) < 4.78 is 0. The highest BCUT2D eigenvalue weighted by atomic mass is 16.3. The Morgan fingerprint density at radius 1 is 1.47 bits per heavy atom. The van der Waals surface area contributed by atoms with Gasteiger partial charge in [0.05, 0.1) is 11.7 Å². The van der Waals surface area contributed by atoms with E-state index in [2.05, 4.69) is 26.5 Å². The van der Waals surface area contributed by atoms with Crippen LogP contribution < -0.4 is 0 Å². The van der Waals surface area contributed by atoms with E-state index in [-0.39, 0.29) is 11.8 Å². The van der Waals surface area contributed by atoms with Gasteiger partial charge in [0, 0.05) is 5.92 Å². The zero-order valence-electron chi connectivity index (χ0n) is 11.1. The summed E-state index contributed by atoms with van der Waals surface area (Å²) in [5, 5.41) is 20.6. The molecule has 0 aliphatic heterocycles. The Morgan fingerprint density at radius 2 is 2.12 bits per heavy atom. The van der Waals surface area contributed by atoms with Crippen molar-refractivity contribution in [2.45, 2.75) is 51.7 Å². The molecule has 0 aromatic heterocycles. The summed E-state index contributed by atoms with van der Waals surface area (Å²) in [7, 11) is 0. The van der Waals surface area contributed by atoms with E-state index in [1.54, 1.807) is 0 Å². The second-order valence-electron chi connectivity index (χ2n) is 6.22. The summed E-state index contributed by atoms with van der Waals surface area (Å²) in [5.74, 6) is 0.799. The van der Waals surface area contributed by atoms with Gasteiger partial charge in [0.25, 0.3) is 0 Å². The molecule has 2 aliphatic carbocycles. The average Bonchev–Trinajstić information content (AvgIpc) is 2.44. The first-order valence-electron chi connectivity index (χ1n) is 6.62. The SMILES string of the molecule is C=C1C(O)CC(C(C)C)=CC2C1CCC2(C)O. The van der Waals surface area contributed by atoms with Crippen LogP contribution in [0.5, 0.6) is 0 Å². The smallest absolute Gasteiger partial charge is 0.0787 e. The summed E-state index contributed by atoms with van der Waals surface area (Å²) >= 11 is 0. The Morgan fingerprint density at radius 3 is 2.71 bits per heavy atom. The highest BCUT2D eigenvalue weighted by Crippen LogP contribution is 2.48. The van der Waals surface area contributed by atoms with Gasteiger partial charge in [-0.15, -0.1) is 0 Å². The van der Waals surface area contributed by atoms with Crippen LogP contribution in [0, 0.1) is 17.8 Å². The van der Waals surface area contributed by atoms with Crippen molar-refractivity contribution in [2.75, 3.05) is 0 Å². The molecule has 1 fully saturated rings. The number of hydrogen-bond donors (Lipinski definition) is 2. The van der Waals surface area contributed by atoms with Crippen molar-refractivity contribution >= 4 is 0 Å². The van der Waals surface area contributed by atoms with E-state index in [9.17, 15) is 10.2 Å². The summed E-state index contributed by atoms with van der Waals surface area (Å²) in [6.07, 6.45) is 4.20. The van der Waals surface area contributed by atoms with E-state index in [4.69, 9.17) is 0 Å². The third-order valence-corrected chi connectivity index (χ3v) is 4.58. The van der Waals surface area contributed by atoms with Gasteiger partial charge in [-0.05, 0) is 43.6 Å². The monoisotopic (exact) mass is 236 g/mol. The van der Waals surface area contributed by atoms with Gasteiger partial charge < -0.3 is 10.2 Å². The quantitative estimate of drug-likeness (QED) is 0.687. The predicted octanol–water partition coefficient (Wildman–Crippen LogP) is 2.67. The van der Waals surface area contributed by atoms with Crippen molar-refractivity contribution in [3.05, 3.63) is 23.8 Å². The molecule has 2 heteroatoms. The van der Waals surface area contributed by atoms with Gasteiger partial charge in [0.2, 0.25) is 0 Å². The molecule has 0 bridgehead atoms. The highest BCUT2D eigenvalue weighted by molar-refractivity contribution is 5.27. The number of fused-ring (bicyclic) bond motifs is 1. The molecular formula is C15H24O2. The zero-order valence-corrected chi connectivity index (χ0v) is 11.1. The molecule has 0 aromatic carbocycles. The van der Waals surface area contributed by atoms with Crippen molar-refractivity contribution in [3.63, 3.8) is 0 Å². The maximum absolute atomic E-state index is 10.5. The lowest BCUT2D eigenvalue weighted by molar-refractivity contribution is 0.0322. The Bertz CT molecular complexity index is 352. The van der Waals surface area contributed by atoms with Crippen LogP contribution in [0.2, 0.25) is 0 Å². The van der Waals surface area contributed by atoms with Crippen LogP contribution in [0.4, 0.5) is 0 Å². The lowest BCUT2D eigenvalue weighted by atomic mass is 9.83. The summed E-state index contributed by atoms with van der Waals surface area (Å²) in [4.78, 5) is 0. The fraction of sp³-hybridized carbons (Fsp3) is 0.733. The third-order valence-electron chi connectivity index (χ3n) is 4.58. The van der Waals surface area contributed by atoms with E-state index in [0.29, 0.717) is 12.3 Å². The van der Waals surface area contributed by atoms with E-state index in [0.717, 1.165) is 18.4 Å². The predicted molar refractivity (Wildman–Crippen MR) is 69.5 cm³/mol. The molecule has 2 nitrogen and oxygen atoms in total.